The van der Waals surface area contributed by atoms with E-state index in [2.05, 4.69) is 20.3 Å². The molecule has 2 rings (SSSR count). The van der Waals surface area contributed by atoms with E-state index in [1.165, 1.54) is 0 Å². The Morgan fingerprint density at radius 3 is 2.87 bits per heavy atom. The lowest BCUT2D eigenvalue weighted by Gasteiger charge is -2.08. The van der Waals surface area contributed by atoms with Gasteiger partial charge < -0.3 is 34.9 Å². The van der Waals surface area contributed by atoms with Gasteiger partial charge >= 0.3 is 7.60 Å². The summed E-state index contributed by atoms with van der Waals surface area (Å²) >= 11 is 0. The highest BCUT2D eigenvalue weighted by Crippen LogP contribution is 2.33. The Labute approximate surface area is 132 Å². The minimum absolute atomic E-state index is 0.0929. The van der Waals surface area contributed by atoms with E-state index in [0.717, 1.165) is 0 Å². The molecule has 2 aromatic heterocycles. The summed E-state index contributed by atoms with van der Waals surface area (Å²) in [5.41, 5.74) is 6.76. The SMILES string of the molecule is COCCNc1nc(N)nc2c1ncn2CCOCP(=O)(O)O. The number of rotatable bonds is 9. The summed E-state index contributed by atoms with van der Waals surface area (Å²) in [6.07, 6.45) is 0.918. The summed E-state index contributed by atoms with van der Waals surface area (Å²) in [5.74, 6) is 0.592. The van der Waals surface area contributed by atoms with Crippen LogP contribution in [0.1, 0.15) is 0 Å². The Morgan fingerprint density at radius 2 is 2.17 bits per heavy atom. The molecule has 0 atom stereocenters. The second kappa shape index (κ2) is 7.66. The largest absolute Gasteiger partial charge is 0.383 e. The highest BCUT2D eigenvalue weighted by Gasteiger charge is 2.14. The van der Waals surface area contributed by atoms with E-state index in [1.807, 2.05) is 0 Å². The molecule has 2 heterocycles. The predicted octanol–water partition coefficient (Wildman–Crippen LogP) is -0.381. The van der Waals surface area contributed by atoms with Crippen LogP contribution in [0.15, 0.2) is 6.33 Å². The second-order valence-corrected chi connectivity index (χ2v) is 6.25. The molecule has 0 fully saturated rings. The van der Waals surface area contributed by atoms with Gasteiger partial charge in [0.25, 0.3) is 0 Å². The molecule has 5 N–H and O–H groups in total. The summed E-state index contributed by atoms with van der Waals surface area (Å²) in [4.78, 5) is 29.9. The molecule has 0 saturated carbocycles. The fraction of sp³-hybridized carbons (Fsp3) is 0.545. The van der Waals surface area contributed by atoms with Gasteiger partial charge in [-0.05, 0) is 0 Å². The Morgan fingerprint density at radius 1 is 1.39 bits per heavy atom. The van der Waals surface area contributed by atoms with Gasteiger partial charge in [0.1, 0.15) is 6.35 Å². The van der Waals surface area contributed by atoms with Gasteiger partial charge in [0.2, 0.25) is 5.95 Å². The molecular formula is C11H19N6O5P. The quantitative estimate of drug-likeness (QED) is 0.348. The molecule has 11 nitrogen and oxygen atoms in total. The monoisotopic (exact) mass is 346 g/mol. The average Bonchev–Trinajstić information content (AvgIpc) is 2.86. The molecule has 0 radical (unpaired) electrons. The second-order valence-electron chi connectivity index (χ2n) is 4.66. The molecule has 0 unspecified atom stereocenters. The van der Waals surface area contributed by atoms with Crippen LogP contribution in [0.2, 0.25) is 0 Å². The van der Waals surface area contributed by atoms with Crippen molar-refractivity contribution in [3.05, 3.63) is 6.33 Å². The fourth-order valence-electron chi connectivity index (χ4n) is 1.87. The van der Waals surface area contributed by atoms with Gasteiger partial charge in [-0.3, -0.25) is 4.57 Å². The summed E-state index contributed by atoms with van der Waals surface area (Å²) < 4.78 is 22.3. The van der Waals surface area contributed by atoms with Gasteiger partial charge in [-0.2, -0.15) is 9.97 Å². The molecule has 0 spiro atoms. The smallest absolute Gasteiger partial charge is 0.350 e. The number of nitrogen functional groups attached to an aromatic ring is 1. The van der Waals surface area contributed by atoms with Gasteiger partial charge in [-0.1, -0.05) is 0 Å². The third-order valence-corrected chi connectivity index (χ3v) is 3.33. The Kier molecular flexibility index (Phi) is 5.85. The first-order valence-corrected chi connectivity index (χ1v) is 8.54. The van der Waals surface area contributed by atoms with E-state index >= 15 is 0 Å². The summed E-state index contributed by atoms with van der Waals surface area (Å²) in [7, 11) is -2.57. The number of methoxy groups -OCH3 is 1. The van der Waals surface area contributed by atoms with Crippen LogP contribution < -0.4 is 11.1 Å². The fourth-order valence-corrected chi connectivity index (χ4v) is 2.23. The number of aromatic nitrogens is 4. The molecule has 12 heteroatoms. The lowest BCUT2D eigenvalue weighted by atomic mass is 10.4. The van der Waals surface area contributed by atoms with Crippen molar-refractivity contribution in [3.63, 3.8) is 0 Å². The highest BCUT2D eigenvalue weighted by molar-refractivity contribution is 7.51. The van der Waals surface area contributed by atoms with Gasteiger partial charge in [-0.15, -0.1) is 0 Å². The molecule has 0 aliphatic carbocycles. The molecule has 0 bridgehead atoms. The molecule has 0 aliphatic rings. The molecule has 0 saturated heterocycles. The maximum atomic E-state index is 10.7. The van der Waals surface area contributed by atoms with Crippen LogP contribution in [0.4, 0.5) is 11.8 Å². The van der Waals surface area contributed by atoms with Crippen LogP contribution >= 0.6 is 7.60 Å². The van der Waals surface area contributed by atoms with Crippen molar-refractivity contribution in [1.82, 2.24) is 19.5 Å². The third kappa shape index (κ3) is 5.12. The molecule has 0 aromatic carbocycles. The van der Waals surface area contributed by atoms with Gasteiger partial charge in [0.05, 0.1) is 19.5 Å². The molecule has 23 heavy (non-hydrogen) atoms. The van der Waals surface area contributed by atoms with Crippen LogP contribution in [-0.2, 0) is 20.6 Å². The van der Waals surface area contributed by atoms with E-state index in [0.29, 0.717) is 36.7 Å². The first-order valence-electron chi connectivity index (χ1n) is 6.74. The van der Waals surface area contributed by atoms with Crippen molar-refractivity contribution in [2.75, 3.05) is 44.3 Å². The number of nitrogens with zero attached hydrogens (tertiary/aromatic N) is 4. The number of nitrogens with one attached hydrogen (secondary N) is 1. The van der Waals surface area contributed by atoms with Crippen molar-refractivity contribution in [1.29, 1.82) is 0 Å². The highest BCUT2D eigenvalue weighted by atomic mass is 31.2. The number of hydrogen-bond donors (Lipinski definition) is 4. The first-order chi connectivity index (χ1) is 10.9. The van der Waals surface area contributed by atoms with E-state index in [1.54, 1.807) is 18.0 Å². The number of nitrogens with two attached hydrogens (primary N) is 1. The Bertz CT molecular complexity index is 702. The molecular weight excluding hydrogens is 327 g/mol. The van der Waals surface area contributed by atoms with Crippen molar-refractivity contribution in [2.45, 2.75) is 6.54 Å². The van der Waals surface area contributed by atoms with Crippen LogP contribution in [-0.4, -0.2) is 62.5 Å². The van der Waals surface area contributed by atoms with E-state index < -0.39 is 13.9 Å². The zero-order valence-corrected chi connectivity index (χ0v) is 13.4. The first kappa shape index (κ1) is 17.6. The van der Waals surface area contributed by atoms with E-state index in [9.17, 15) is 4.57 Å². The molecule has 0 amide bonds. The van der Waals surface area contributed by atoms with Crippen molar-refractivity contribution >= 4 is 30.5 Å². The predicted molar refractivity (Wildman–Crippen MR) is 83.0 cm³/mol. The van der Waals surface area contributed by atoms with Gasteiger partial charge in [0.15, 0.2) is 17.0 Å². The summed E-state index contributed by atoms with van der Waals surface area (Å²) in [5, 5.41) is 3.06. The van der Waals surface area contributed by atoms with Crippen molar-refractivity contribution < 1.29 is 23.8 Å². The van der Waals surface area contributed by atoms with E-state index in [-0.39, 0.29) is 12.6 Å². The molecule has 2 aromatic rings. The number of anilines is 2. The standard InChI is InChI=1S/C11H19N6O5P/c1-21-4-2-13-9-8-10(16-11(12)15-9)17(6-14-8)3-5-22-7-23(18,19)20/h6H,2-5,7H2,1H3,(H2,18,19,20)(H3,12,13,15,16). The lowest BCUT2D eigenvalue weighted by Crippen LogP contribution is -2.11. The van der Waals surface area contributed by atoms with E-state index in [4.69, 9.17) is 25.0 Å². The number of imidazole rings is 1. The minimum atomic E-state index is -4.17. The molecule has 128 valence electrons. The molecule has 0 aliphatic heterocycles. The summed E-state index contributed by atoms with van der Waals surface area (Å²) in [6, 6.07) is 0. The topological polar surface area (TPSA) is 158 Å². The zero-order valence-electron chi connectivity index (χ0n) is 12.5. The average molecular weight is 346 g/mol. The number of hydrogen-bond acceptors (Lipinski definition) is 8. The van der Waals surface area contributed by atoms with Crippen LogP contribution in [0, 0.1) is 0 Å². The van der Waals surface area contributed by atoms with Gasteiger partial charge in [-0.25, -0.2) is 4.98 Å². The van der Waals surface area contributed by atoms with Crippen LogP contribution in [0.5, 0.6) is 0 Å². The summed E-state index contributed by atoms with van der Waals surface area (Å²) in [6.45, 7) is 1.47. The maximum absolute atomic E-state index is 10.7. The Hall–Kier alpha value is -1.78. The normalized spacial score (nSPS) is 12.0. The van der Waals surface area contributed by atoms with Crippen LogP contribution in [0.3, 0.4) is 0 Å². The van der Waals surface area contributed by atoms with Crippen molar-refractivity contribution in [3.8, 4) is 0 Å². The lowest BCUT2D eigenvalue weighted by molar-refractivity contribution is 0.149. The van der Waals surface area contributed by atoms with Crippen LogP contribution in [0.25, 0.3) is 11.2 Å². The number of fused-ring (bicyclic) bond motifs is 1. The van der Waals surface area contributed by atoms with Crippen molar-refractivity contribution in [2.24, 2.45) is 0 Å². The minimum Gasteiger partial charge on any atom is -0.383 e. The van der Waals surface area contributed by atoms with Gasteiger partial charge in [0, 0.05) is 20.2 Å². The third-order valence-electron chi connectivity index (χ3n) is 2.82. The maximum Gasteiger partial charge on any atom is 0.350 e. The Balaban J connectivity index is 2.08. The number of ether oxygens (including phenoxy) is 2. The zero-order chi connectivity index (χ0) is 16.9.